The number of hydrogen-bond acceptors (Lipinski definition) is 2. The zero-order valence-corrected chi connectivity index (χ0v) is 12.2. The molecular weight excluding hydrogens is 272 g/mol. The summed E-state index contributed by atoms with van der Waals surface area (Å²) in [5, 5.41) is 2.02. The van der Waals surface area contributed by atoms with Crippen LogP contribution in [-0.4, -0.2) is 11.6 Å². The molecule has 0 aromatic heterocycles. The molecule has 0 amide bonds. The fourth-order valence-electron chi connectivity index (χ4n) is 3.34. The lowest BCUT2D eigenvalue weighted by Gasteiger charge is -2.20. The summed E-state index contributed by atoms with van der Waals surface area (Å²) in [4.78, 5) is 24.2. The molecule has 2 nitrogen and oxygen atoms in total. The van der Waals surface area contributed by atoms with E-state index in [0.29, 0.717) is 6.42 Å². The van der Waals surface area contributed by atoms with Gasteiger partial charge in [-0.1, -0.05) is 54.6 Å². The van der Waals surface area contributed by atoms with E-state index in [1.54, 1.807) is 6.92 Å². The Labute approximate surface area is 128 Å². The number of rotatable bonds is 2. The fraction of sp³-hybridized carbons (Fsp3) is 0.100. The lowest BCUT2D eigenvalue weighted by molar-refractivity contribution is -0.116. The maximum absolute atomic E-state index is 12.7. The smallest absolute Gasteiger partial charge is 0.194 e. The highest BCUT2D eigenvalue weighted by Crippen LogP contribution is 2.40. The first-order valence-electron chi connectivity index (χ1n) is 7.34. The lowest BCUT2D eigenvalue weighted by Crippen LogP contribution is -2.10. The van der Waals surface area contributed by atoms with Crippen LogP contribution in [0.5, 0.6) is 0 Å². The molecule has 22 heavy (non-hydrogen) atoms. The third kappa shape index (κ3) is 1.81. The van der Waals surface area contributed by atoms with Crippen LogP contribution in [0.15, 0.2) is 54.6 Å². The molecule has 0 saturated heterocycles. The molecule has 1 aliphatic carbocycles. The van der Waals surface area contributed by atoms with E-state index in [9.17, 15) is 9.59 Å². The average molecular weight is 286 g/mol. The second-order valence-electron chi connectivity index (χ2n) is 5.80. The van der Waals surface area contributed by atoms with Crippen molar-refractivity contribution in [1.82, 2.24) is 0 Å². The van der Waals surface area contributed by atoms with E-state index in [4.69, 9.17) is 0 Å². The van der Waals surface area contributed by atoms with Crippen LogP contribution in [0.4, 0.5) is 0 Å². The molecule has 1 aliphatic rings. The van der Waals surface area contributed by atoms with Crippen LogP contribution in [-0.2, 0) is 11.2 Å². The highest BCUT2D eigenvalue weighted by atomic mass is 16.1. The van der Waals surface area contributed by atoms with Gasteiger partial charge in [0.15, 0.2) is 5.78 Å². The summed E-state index contributed by atoms with van der Waals surface area (Å²) in [5.41, 5.74) is 4.50. The van der Waals surface area contributed by atoms with E-state index < -0.39 is 0 Å². The Morgan fingerprint density at radius 3 is 2.36 bits per heavy atom. The Bertz CT molecular complexity index is 951. The third-order valence-corrected chi connectivity index (χ3v) is 4.20. The van der Waals surface area contributed by atoms with Crippen molar-refractivity contribution in [2.45, 2.75) is 13.3 Å². The van der Waals surface area contributed by atoms with Crippen molar-refractivity contribution in [2.24, 2.45) is 0 Å². The molecule has 0 saturated carbocycles. The Kier molecular flexibility index (Phi) is 2.73. The van der Waals surface area contributed by atoms with Crippen LogP contribution in [0.2, 0.25) is 0 Å². The summed E-state index contributed by atoms with van der Waals surface area (Å²) in [6.45, 7) is 1.60. The molecule has 0 spiro atoms. The average Bonchev–Trinajstić information content (AvgIpc) is 2.51. The molecule has 2 heteroatoms. The van der Waals surface area contributed by atoms with Crippen LogP contribution >= 0.6 is 0 Å². The van der Waals surface area contributed by atoms with Crippen LogP contribution < -0.4 is 0 Å². The molecule has 0 atom stereocenters. The Hall–Kier alpha value is -2.74. The van der Waals surface area contributed by atoms with Gasteiger partial charge in [0.25, 0.3) is 0 Å². The molecule has 106 valence electrons. The van der Waals surface area contributed by atoms with Gasteiger partial charge in [0.1, 0.15) is 5.78 Å². The summed E-state index contributed by atoms with van der Waals surface area (Å²) in [6.07, 6.45) is 0.420. The van der Waals surface area contributed by atoms with Crippen molar-refractivity contribution in [3.63, 3.8) is 0 Å². The van der Waals surface area contributed by atoms with Crippen LogP contribution in [0.3, 0.4) is 0 Å². The first-order chi connectivity index (χ1) is 10.6. The van der Waals surface area contributed by atoms with E-state index in [2.05, 4.69) is 6.07 Å². The molecule has 3 aromatic carbocycles. The first-order valence-corrected chi connectivity index (χ1v) is 7.34. The second kappa shape index (κ2) is 4.63. The minimum absolute atomic E-state index is 0.0769. The molecule has 3 aromatic rings. The molecule has 0 bridgehead atoms. The molecule has 0 N–H and O–H groups in total. The van der Waals surface area contributed by atoms with Gasteiger partial charge in [-0.15, -0.1) is 0 Å². The van der Waals surface area contributed by atoms with Crippen molar-refractivity contribution in [2.75, 3.05) is 0 Å². The van der Waals surface area contributed by atoms with E-state index >= 15 is 0 Å². The topological polar surface area (TPSA) is 34.1 Å². The predicted octanol–water partition coefficient (Wildman–Crippen LogP) is 4.18. The minimum Gasteiger partial charge on any atom is -0.300 e. The van der Waals surface area contributed by atoms with Gasteiger partial charge in [0.2, 0.25) is 0 Å². The molecule has 0 fully saturated rings. The Balaban J connectivity index is 2.12. The van der Waals surface area contributed by atoms with E-state index in [0.717, 1.165) is 38.6 Å². The molecular formula is C20H14O2. The van der Waals surface area contributed by atoms with Gasteiger partial charge in [-0.25, -0.2) is 0 Å². The van der Waals surface area contributed by atoms with Gasteiger partial charge in [-0.05, 0) is 29.0 Å². The highest BCUT2D eigenvalue weighted by molar-refractivity contribution is 6.25. The summed E-state index contributed by atoms with van der Waals surface area (Å²) < 4.78 is 0. The van der Waals surface area contributed by atoms with E-state index in [1.165, 1.54) is 0 Å². The summed E-state index contributed by atoms with van der Waals surface area (Å²) >= 11 is 0. The largest absolute Gasteiger partial charge is 0.300 e. The van der Waals surface area contributed by atoms with Gasteiger partial charge in [0.05, 0.1) is 0 Å². The maximum Gasteiger partial charge on any atom is 0.194 e. The van der Waals surface area contributed by atoms with Gasteiger partial charge in [-0.2, -0.15) is 0 Å². The number of benzene rings is 3. The Morgan fingerprint density at radius 2 is 1.59 bits per heavy atom. The molecule has 0 aliphatic heterocycles. The maximum atomic E-state index is 12.7. The number of ketones is 2. The fourth-order valence-corrected chi connectivity index (χ4v) is 3.34. The Morgan fingerprint density at radius 1 is 0.864 bits per heavy atom. The van der Waals surface area contributed by atoms with E-state index in [-0.39, 0.29) is 11.6 Å². The highest BCUT2D eigenvalue weighted by Gasteiger charge is 2.24. The van der Waals surface area contributed by atoms with Crippen molar-refractivity contribution < 1.29 is 9.59 Å². The lowest BCUT2D eigenvalue weighted by atomic mass is 9.81. The van der Waals surface area contributed by atoms with Crippen molar-refractivity contribution in [3.05, 3.63) is 71.3 Å². The van der Waals surface area contributed by atoms with Gasteiger partial charge in [-0.3, -0.25) is 9.59 Å². The number of hydrogen-bond donors (Lipinski definition) is 0. The van der Waals surface area contributed by atoms with Crippen molar-refractivity contribution in [1.29, 1.82) is 0 Å². The second-order valence-corrected chi connectivity index (χ2v) is 5.80. The third-order valence-electron chi connectivity index (χ3n) is 4.20. The van der Waals surface area contributed by atoms with Crippen LogP contribution in [0.1, 0.15) is 28.4 Å². The quantitative estimate of drug-likeness (QED) is 0.554. The number of carbonyl (C=O) groups excluding carboxylic acids is 2. The summed E-state index contributed by atoms with van der Waals surface area (Å²) in [6, 6.07) is 17.6. The molecule has 0 unspecified atom stereocenters. The zero-order valence-electron chi connectivity index (χ0n) is 12.2. The molecule has 0 heterocycles. The molecule has 4 rings (SSSR count). The van der Waals surface area contributed by atoms with Gasteiger partial charge < -0.3 is 0 Å². The van der Waals surface area contributed by atoms with E-state index in [1.807, 2.05) is 48.5 Å². The van der Waals surface area contributed by atoms with Crippen molar-refractivity contribution in [3.8, 4) is 11.1 Å². The number of fused-ring (bicyclic) bond motifs is 2. The zero-order chi connectivity index (χ0) is 15.3. The minimum atomic E-state index is 0.0769. The molecule has 0 radical (unpaired) electrons. The van der Waals surface area contributed by atoms with Crippen LogP contribution in [0.25, 0.3) is 21.9 Å². The van der Waals surface area contributed by atoms with Crippen molar-refractivity contribution >= 4 is 22.3 Å². The first kappa shape index (κ1) is 13.0. The predicted molar refractivity (Wildman–Crippen MR) is 87.2 cm³/mol. The van der Waals surface area contributed by atoms with Gasteiger partial charge >= 0.3 is 0 Å². The summed E-state index contributed by atoms with van der Waals surface area (Å²) in [5.74, 6) is 0.218. The normalized spacial score (nSPS) is 12.3. The number of carbonyl (C=O) groups is 2. The number of Topliss-reactive ketones (excluding diaryl/α,β-unsaturated/α-hetero) is 1. The monoisotopic (exact) mass is 286 g/mol. The SMILES string of the molecule is CC(=O)Cc1cc2c3c(cccc3c1)C(=O)c1ccccc1-2. The van der Waals surface area contributed by atoms with Crippen LogP contribution in [0, 0.1) is 0 Å². The standard InChI is InChI=1S/C20H14O2/c1-12(21)9-13-10-14-5-4-8-17-19(14)18(11-13)15-6-2-3-7-16(15)20(17)22/h2-8,10-11H,9H2,1H3. The summed E-state index contributed by atoms with van der Waals surface area (Å²) in [7, 11) is 0. The van der Waals surface area contributed by atoms with Gasteiger partial charge in [0, 0.05) is 22.9 Å².